The van der Waals surface area contributed by atoms with Gasteiger partial charge in [-0.25, -0.2) is 0 Å². The van der Waals surface area contributed by atoms with Gasteiger partial charge in [0.05, 0.1) is 4.21 Å². The van der Waals surface area contributed by atoms with Gasteiger partial charge in [-0.1, -0.05) is 23.9 Å². The molecule has 1 unspecified atom stereocenters. The predicted molar refractivity (Wildman–Crippen MR) is 75.2 cm³/mol. The van der Waals surface area contributed by atoms with E-state index in [-0.39, 0.29) is 6.04 Å². The molecule has 0 radical (unpaired) electrons. The van der Waals surface area contributed by atoms with Gasteiger partial charge in [-0.2, -0.15) is 0 Å². The third-order valence-electron chi connectivity index (χ3n) is 2.19. The fourth-order valence-corrected chi connectivity index (χ4v) is 3.69. The predicted octanol–water partition coefficient (Wildman–Crippen LogP) is 4.68. The van der Waals surface area contributed by atoms with Crippen molar-refractivity contribution >= 4 is 39.0 Å². The zero-order valence-corrected chi connectivity index (χ0v) is 12.0. The number of halogens is 1. The third kappa shape index (κ3) is 2.88. The lowest BCUT2D eigenvalue weighted by molar-refractivity contribution is 0.815. The van der Waals surface area contributed by atoms with Crippen LogP contribution in [-0.4, -0.2) is 0 Å². The molecule has 1 atom stereocenters. The monoisotopic (exact) mass is 313 g/mol. The first-order chi connectivity index (χ1) is 7.66. The van der Waals surface area contributed by atoms with E-state index in [1.54, 1.807) is 23.1 Å². The Morgan fingerprint density at radius 2 is 2.19 bits per heavy atom. The van der Waals surface area contributed by atoms with Crippen LogP contribution in [0.3, 0.4) is 0 Å². The van der Waals surface area contributed by atoms with E-state index >= 15 is 0 Å². The number of nitrogens with two attached hydrogens (primary N) is 1. The summed E-state index contributed by atoms with van der Waals surface area (Å²) in [7, 11) is 0. The first-order valence-corrected chi connectivity index (χ1v) is 7.42. The zero-order valence-electron chi connectivity index (χ0n) is 8.81. The van der Waals surface area contributed by atoms with Crippen molar-refractivity contribution in [1.29, 1.82) is 0 Å². The van der Waals surface area contributed by atoms with Crippen molar-refractivity contribution in [3.63, 3.8) is 0 Å². The summed E-state index contributed by atoms with van der Waals surface area (Å²) in [5.41, 5.74) is 7.00. The van der Waals surface area contributed by atoms with Crippen molar-refractivity contribution in [2.45, 2.75) is 22.1 Å². The van der Waals surface area contributed by atoms with Crippen LogP contribution in [0.5, 0.6) is 0 Å². The molecule has 0 saturated carbocycles. The van der Waals surface area contributed by atoms with Crippen LogP contribution >= 0.6 is 39.0 Å². The van der Waals surface area contributed by atoms with Gasteiger partial charge in [-0.3, -0.25) is 0 Å². The Morgan fingerprint density at radius 3 is 2.75 bits per heavy atom. The lowest BCUT2D eigenvalue weighted by atomic mass is 10.1. The fourth-order valence-electron chi connectivity index (χ4n) is 1.31. The van der Waals surface area contributed by atoms with Crippen LogP contribution in [0.25, 0.3) is 0 Å². The van der Waals surface area contributed by atoms with Gasteiger partial charge in [-0.05, 0) is 52.0 Å². The molecule has 2 rings (SSSR count). The molecule has 0 amide bonds. The minimum atomic E-state index is 0.0806. The molecular weight excluding hydrogens is 302 g/mol. The van der Waals surface area contributed by atoms with Crippen LogP contribution in [0, 0.1) is 0 Å². The number of rotatable bonds is 3. The summed E-state index contributed by atoms with van der Waals surface area (Å²) in [6.45, 7) is 1.99. The van der Waals surface area contributed by atoms with Crippen molar-refractivity contribution in [2.75, 3.05) is 0 Å². The Bertz CT molecular complexity index is 466. The molecule has 1 nitrogen and oxygen atoms in total. The molecule has 1 aromatic carbocycles. The van der Waals surface area contributed by atoms with Crippen molar-refractivity contribution in [1.82, 2.24) is 0 Å². The molecule has 1 heterocycles. The second-order valence-electron chi connectivity index (χ2n) is 3.51. The van der Waals surface area contributed by atoms with Gasteiger partial charge in [0.25, 0.3) is 0 Å². The lowest BCUT2D eigenvalue weighted by Crippen LogP contribution is -2.04. The number of hydrogen-bond donors (Lipinski definition) is 1. The highest BCUT2D eigenvalue weighted by Crippen LogP contribution is 2.36. The topological polar surface area (TPSA) is 26.0 Å². The van der Waals surface area contributed by atoms with Gasteiger partial charge < -0.3 is 5.73 Å². The van der Waals surface area contributed by atoms with Gasteiger partial charge >= 0.3 is 0 Å². The van der Waals surface area contributed by atoms with Gasteiger partial charge in [0.1, 0.15) is 0 Å². The summed E-state index contributed by atoms with van der Waals surface area (Å²) >= 11 is 7.12. The summed E-state index contributed by atoms with van der Waals surface area (Å²) in [5.74, 6) is 0. The molecule has 0 saturated heterocycles. The first kappa shape index (κ1) is 12.2. The zero-order chi connectivity index (χ0) is 11.5. The van der Waals surface area contributed by atoms with E-state index in [0.29, 0.717) is 0 Å². The molecule has 2 aromatic rings. The van der Waals surface area contributed by atoms with Gasteiger partial charge in [-0.15, -0.1) is 11.3 Å². The average Bonchev–Trinajstić information content (AvgIpc) is 2.73. The lowest BCUT2D eigenvalue weighted by Gasteiger charge is -2.08. The Kier molecular flexibility index (Phi) is 4.08. The van der Waals surface area contributed by atoms with E-state index in [1.807, 2.05) is 6.92 Å². The van der Waals surface area contributed by atoms with Crippen molar-refractivity contribution < 1.29 is 0 Å². The molecule has 0 fully saturated rings. The molecule has 2 N–H and O–H groups in total. The van der Waals surface area contributed by atoms with Crippen molar-refractivity contribution in [3.05, 3.63) is 45.7 Å². The van der Waals surface area contributed by atoms with Crippen LogP contribution in [0.2, 0.25) is 0 Å². The van der Waals surface area contributed by atoms with Crippen LogP contribution in [0.4, 0.5) is 0 Å². The summed E-state index contributed by atoms with van der Waals surface area (Å²) in [6, 6.07) is 10.6. The van der Waals surface area contributed by atoms with E-state index < -0.39 is 0 Å². The second-order valence-corrected chi connectivity index (χ2v) is 6.66. The molecule has 0 spiro atoms. The highest BCUT2D eigenvalue weighted by atomic mass is 79.9. The molecule has 84 valence electrons. The van der Waals surface area contributed by atoms with Crippen molar-refractivity contribution in [3.8, 4) is 0 Å². The third-order valence-corrected chi connectivity index (χ3v) is 5.22. The van der Waals surface area contributed by atoms with Gasteiger partial charge in [0, 0.05) is 15.4 Å². The maximum atomic E-state index is 5.84. The summed E-state index contributed by atoms with van der Waals surface area (Å²) in [6.07, 6.45) is 0. The molecular formula is C12H12BrNS2. The Labute approximate surface area is 112 Å². The Morgan fingerprint density at radius 1 is 1.38 bits per heavy atom. The molecule has 0 aliphatic carbocycles. The molecule has 0 aliphatic heterocycles. The quantitative estimate of drug-likeness (QED) is 0.890. The normalized spacial score (nSPS) is 12.7. The van der Waals surface area contributed by atoms with Crippen molar-refractivity contribution in [2.24, 2.45) is 5.73 Å². The Balaban J connectivity index is 2.23. The SMILES string of the molecule is CC(N)c1ccc(Sc2cccs2)c(Br)c1. The number of hydrogen-bond acceptors (Lipinski definition) is 3. The molecule has 0 aliphatic rings. The highest BCUT2D eigenvalue weighted by molar-refractivity contribution is 9.10. The standard InChI is InChI=1S/C12H12BrNS2/c1-8(14)9-4-5-11(10(13)7-9)16-12-3-2-6-15-12/h2-8H,14H2,1H3. The molecule has 0 bridgehead atoms. The molecule has 16 heavy (non-hydrogen) atoms. The summed E-state index contributed by atoms with van der Waals surface area (Å²) < 4.78 is 2.41. The summed E-state index contributed by atoms with van der Waals surface area (Å²) in [4.78, 5) is 1.23. The number of benzene rings is 1. The maximum Gasteiger partial charge on any atom is 0.0646 e. The van der Waals surface area contributed by atoms with E-state index in [9.17, 15) is 0 Å². The molecule has 1 aromatic heterocycles. The van der Waals surface area contributed by atoms with Crippen LogP contribution in [0.15, 0.2) is 49.3 Å². The molecule has 4 heteroatoms. The second kappa shape index (κ2) is 5.36. The van der Waals surface area contributed by atoms with E-state index in [4.69, 9.17) is 5.73 Å². The largest absolute Gasteiger partial charge is 0.324 e. The van der Waals surface area contributed by atoms with Crippen LogP contribution < -0.4 is 5.73 Å². The van der Waals surface area contributed by atoms with E-state index in [2.05, 4.69) is 51.6 Å². The minimum Gasteiger partial charge on any atom is -0.324 e. The first-order valence-electron chi connectivity index (χ1n) is 4.93. The fraction of sp³-hybridized carbons (Fsp3) is 0.167. The van der Waals surface area contributed by atoms with Crippen LogP contribution in [0.1, 0.15) is 18.5 Å². The van der Waals surface area contributed by atoms with E-state index in [1.165, 1.54) is 9.10 Å². The summed E-state index contributed by atoms with van der Waals surface area (Å²) in [5, 5.41) is 2.09. The smallest absolute Gasteiger partial charge is 0.0646 e. The van der Waals surface area contributed by atoms with Crippen LogP contribution in [-0.2, 0) is 0 Å². The maximum absolute atomic E-state index is 5.84. The number of thiophene rings is 1. The van der Waals surface area contributed by atoms with E-state index in [0.717, 1.165) is 10.0 Å². The minimum absolute atomic E-state index is 0.0806. The average molecular weight is 314 g/mol. The van der Waals surface area contributed by atoms with Gasteiger partial charge in [0.15, 0.2) is 0 Å². The highest BCUT2D eigenvalue weighted by Gasteiger charge is 2.06. The van der Waals surface area contributed by atoms with Gasteiger partial charge in [0.2, 0.25) is 0 Å². The Hall–Kier alpha value is -0.290.